The molecule has 18 heavy (non-hydrogen) atoms. The van der Waals surface area contributed by atoms with Crippen molar-refractivity contribution in [2.75, 3.05) is 26.2 Å². The SMILES string of the molecule is CCCN(CC)CC(NCC)c1ccccc1C. The number of nitrogens with zero attached hydrogens (tertiary/aromatic N) is 1. The number of aryl methyl sites for hydroxylation is 1. The predicted octanol–water partition coefficient (Wildman–Crippen LogP) is 3.38. The largest absolute Gasteiger partial charge is 0.309 e. The molecule has 1 N–H and O–H groups in total. The molecule has 0 saturated heterocycles. The minimum absolute atomic E-state index is 0.447. The minimum Gasteiger partial charge on any atom is -0.309 e. The van der Waals surface area contributed by atoms with E-state index in [2.05, 4.69) is 62.2 Å². The highest BCUT2D eigenvalue weighted by Gasteiger charge is 2.15. The number of hydrogen-bond acceptors (Lipinski definition) is 2. The van der Waals surface area contributed by atoms with E-state index < -0.39 is 0 Å². The summed E-state index contributed by atoms with van der Waals surface area (Å²) >= 11 is 0. The summed E-state index contributed by atoms with van der Waals surface area (Å²) in [5, 5.41) is 3.62. The van der Waals surface area contributed by atoms with Gasteiger partial charge in [-0.15, -0.1) is 0 Å². The van der Waals surface area contributed by atoms with Crippen LogP contribution in [0.15, 0.2) is 24.3 Å². The molecule has 0 radical (unpaired) electrons. The molecule has 0 heterocycles. The average Bonchev–Trinajstić information content (AvgIpc) is 2.38. The lowest BCUT2D eigenvalue weighted by molar-refractivity contribution is 0.255. The summed E-state index contributed by atoms with van der Waals surface area (Å²) in [7, 11) is 0. The molecule has 1 aromatic carbocycles. The van der Waals surface area contributed by atoms with Gasteiger partial charge in [-0.1, -0.05) is 45.0 Å². The van der Waals surface area contributed by atoms with Crippen molar-refractivity contribution in [3.63, 3.8) is 0 Å². The van der Waals surface area contributed by atoms with Crippen LogP contribution in [0.1, 0.15) is 44.4 Å². The first kappa shape index (κ1) is 15.2. The summed E-state index contributed by atoms with van der Waals surface area (Å²) in [4.78, 5) is 2.53. The maximum absolute atomic E-state index is 3.62. The number of benzene rings is 1. The van der Waals surface area contributed by atoms with Gasteiger partial charge < -0.3 is 10.2 Å². The third kappa shape index (κ3) is 4.43. The fourth-order valence-corrected chi connectivity index (χ4v) is 2.45. The van der Waals surface area contributed by atoms with Gasteiger partial charge in [0.2, 0.25) is 0 Å². The van der Waals surface area contributed by atoms with E-state index in [1.165, 1.54) is 24.1 Å². The molecule has 0 aliphatic heterocycles. The Morgan fingerprint density at radius 3 is 2.44 bits per heavy atom. The van der Waals surface area contributed by atoms with Gasteiger partial charge in [0.1, 0.15) is 0 Å². The summed E-state index contributed by atoms with van der Waals surface area (Å²) in [6.07, 6.45) is 1.22. The topological polar surface area (TPSA) is 15.3 Å². The van der Waals surface area contributed by atoms with Crippen LogP contribution in [0.25, 0.3) is 0 Å². The van der Waals surface area contributed by atoms with Crippen molar-refractivity contribution in [1.29, 1.82) is 0 Å². The first-order chi connectivity index (χ1) is 8.72. The number of likely N-dealkylation sites (N-methyl/N-ethyl adjacent to an activating group) is 2. The van der Waals surface area contributed by atoms with Crippen LogP contribution in [0.4, 0.5) is 0 Å². The molecule has 0 saturated carbocycles. The first-order valence-electron chi connectivity index (χ1n) is 7.24. The van der Waals surface area contributed by atoms with Gasteiger partial charge in [0.25, 0.3) is 0 Å². The Labute approximate surface area is 112 Å². The van der Waals surface area contributed by atoms with Gasteiger partial charge in [-0.25, -0.2) is 0 Å². The fraction of sp³-hybridized carbons (Fsp3) is 0.625. The van der Waals surface area contributed by atoms with Crippen LogP contribution < -0.4 is 5.32 Å². The van der Waals surface area contributed by atoms with E-state index in [0.29, 0.717) is 6.04 Å². The third-order valence-corrected chi connectivity index (χ3v) is 3.44. The summed E-state index contributed by atoms with van der Waals surface area (Å²) in [5.41, 5.74) is 2.82. The van der Waals surface area contributed by atoms with Gasteiger partial charge in [0.15, 0.2) is 0 Å². The molecule has 1 atom stereocenters. The van der Waals surface area contributed by atoms with Crippen molar-refractivity contribution in [1.82, 2.24) is 10.2 Å². The smallest absolute Gasteiger partial charge is 0.0451 e. The molecule has 0 aliphatic carbocycles. The normalized spacial score (nSPS) is 12.9. The molecule has 0 bridgehead atoms. The van der Waals surface area contributed by atoms with Crippen LogP contribution in [0.3, 0.4) is 0 Å². The maximum atomic E-state index is 3.62. The monoisotopic (exact) mass is 248 g/mol. The van der Waals surface area contributed by atoms with Crippen LogP contribution in [-0.4, -0.2) is 31.1 Å². The van der Waals surface area contributed by atoms with Crippen LogP contribution >= 0.6 is 0 Å². The summed E-state index contributed by atoms with van der Waals surface area (Å²) in [5.74, 6) is 0. The fourth-order valence-electron chi connectivity index (χ4n) is 2.45. The van der Waals surface area contributed by atoms with E-state index in [9.17, 15) is 0 Å². The number of rotatable bonds is 8. The first-order valence-corrected chi connectivity index (χ1v) is 7.24. The highest BCUT2D eigenvalue weighted by molar-refractivity contribution is 5.29. The van der Waals surface area contributed by atoms with Crippen LogP contribution in [0.2, 0.25) is 0 Å². The van der Waals surface area contributed by atoms with Gasteiger partial charge in [0, 0.05) is 12.6 Å². The van der Waals surface area contributed by atoms with Gasteiger partial charge in [-0.2, -0.15) is 0 Å². The predicted molar refractivity (Wildman–Crippen MR) is 80.0 cm³/mol. The number of hydrogen-bond donors (Lipinski definition) is 1. The zero-order valence-corrected chi connectivity index (χ0v) is 12.4. The van der Waals surface area contributed by atoms with Gasteiger partial charge in [-0.3, -0.25) is 0 Å². The second kappa shape index (κ2) is 8.28. The standard InChI is InChI=1S/C16H28N2/c1-5-12-18(7-3)13-16(17-6-2)15-11-9-8-10-14(15)4/h8-11,16-17H,5-7,12-13H2,1-4H3. The Balaban J connectivity index is 2.79. The van der Waals surface area contributed by atoms with E-state index in [4.69, 9.17) is 0 Å². The van der Waals surface area contributed by atoms with Gasteiger partial charge in [0.05, 0.1) is 0 Å². The van der Waals surface area contributed by atoms with Crippen molar-refractivity contribution in [2.24, 2.45) is 0 Å². The molecule has 0 aliphatic rings. The molecule has 2 nitrogen and oxygen atoms in total. The molecule has 0 spiro atoms. The molecule has 0 aromatic heterocycles. The van der Waals surface area contributed by atoms with Crippen molar-refractivity contribution < 1.29 is 0 Å². The Kier molecular flexibility index (Phi) is 6.99. The Morgan fingerprint density at radius 1 is 1.17 bits per heavy atom. The van der Waals surface area contributed by atoms with Crippen LogP contribution in [0, 0.1) is 6.92 Å². The lowest BCUT2D eigenvalue weighted by atomic mass is 10.0. The van der Waals surface area contributed by atoms with Gasteiger partial charge in [-0.05, 0) is 44.1 Å². The molecule has 0 amide bonds. The lowest BCUT2D eigenvalue weighted by Gasteiger charge is -2.28. The molecule has 1 unspecified atom stereocenters. The molecule has 0 fully saturated rings. The minimum atomic E-state index is 0.447. The summed E-state index contributed by atoms with van der Waals surface area (Å²) < 4.78 is 0. The van der Waals surface area contributed by atoms with E-state index >= 15 is 0 Å². The average molecular weight is 248 g/mol. The molecule has 1 rings (SSSR count). The van der Waals surface area contributed by atoms with Crippen molar-refractivity contribution in [3.8, 4) is 0 Å². The molecular formula is C16H28N2. The van der Waals surface area contributed by atoms with E-state index in [1.807, 2.05) is 0 Å². The molecule has 2 heteroatoms. The zero-order chi connectivity index (χ0) is 13.4. The van der Waals surface area contributed by atoms with Crippen molar-refractivity contribution in [2.45, 2.75) is 40.2 Å². The molecule has 1 aromatic rings. The summed E-state index contributed by atoms with van der Waals surface area (Å²) in [6.45, 7) is 13.3. The third-order valence-electron chi connectivity index (χ3n) is 3.44. The van der Waals surface area contributed by atoms with Crippen LogP contribution in [-0.2, 0) is 0 Å². The second-order valence-corrected chi connectivity index (χ2v) is 4.86. The zero-order valence-electron chi connectivity index (χ0n) is 12.4. The Hall–Kier alpha value is -0.860. The van der Waals surface area contributed by atoms with E-state index in [0.717, 1.165) is 19.6 Å². The van der Waals surface area contributed by atoms with E-state index in [-0.39, 0.29) is 0 Å². The number of nitrogens with one attached hydrogen (secondary N) is 1. The highest BCUT2D eigenvalue weighted by atomic mass is 15.1. The molecular weight excluding hydrogens is 220 g/mol. The quantitative estimate of drug-likeness (QED) is 0.759. The van der Waals surface area contributed by atoms with Crippen LogP contribution in [0.5, 0.6) is 0 Å². The second-order valence-electron chi connectivity index (χ2n) is 4.86. The van der Waals surface area contributed by atoms with E-state index in [1.54, 1.807) is 0 Å². The Bertz CT molecular complexity index is 336. The molecule has 102 valence electrons. The van der Waals surface area contributed by atoms with Gasteiger partial charge >= 0.3 is 0 Å². The van der Waals surface area contributed by atoms with Crippen molar-refractivity contribution >= 4 is 0 Å². The maximum Gasteiger partial charge on any atom is 0.0451 e. The lowest BCUT2D eigenvalue weighted by Crippen LogP contribution is -2.36. The highest BCUT2D eigenvalue weighted by Crippen LogP contribution is 2.18. The van der Waals surface area contributed by atoms with Crippen molar-refractivity contribution in [3.05, 3.63) is 35.4 Å². The Morgan fingerprint density at radius 2 is 1.89 bits per heavy atom. The summed E-state index contributed by atoms with van der Waals surface area (Å²) in [6, 6.07) is 9.16.